The maximum absolute atomic E-state index is 12.3. The van der Waals surface area contributed by atoms with Crippen LogP contribution in [0.4, 0.5) is 4.79 Å². The first kappa shape index (κ1) is 20.8. The summed E-state index contributed by atoms with van der Waals surface area (Å²) in [7, 11) is 0. The van der Waals surface area contributed by atoms with Gasteiger partial charge in [0.2, 0.25) is 0 Å². The van der Waals surface area contributed by atoms with Gasteiger partial charge in [-0.15, -0.1) is 11.8 Å². The molecule has 32 heavy (non-hydrogen) atoms. The molecule has 2 N–H and O–H groups in total. The quantitative estimate of drug-likeness (QED) is 0.553. The Hall–Kier alpha value is -3.06. The van der Waals surface area contributed by atoms with Crippen LogP contribution in [-0.4, -0.2) is 27.7 Å². The number of urea groups is 1. The number of fused-ring (bicyclic) bond motifs is 1. The second kappa shape index (κ2) is 8.47. The highest BCUT2D eigenvalue weighted by Crippen LogP contribution is 2.40. The molecule has 1 spiro atoms. The zero-order valence-corrected chi connectivity index (χ0v) is 18.7. The summed E-state index contributed by atoms with van der Waals surface area (Å²) >= 11 is 1.76. The van der Waals surface area contributed by atoms with E-state index in [2.05, 4.69) is 39.9 Å². The zero-order valence-electron chi connectivity index (χ0n) is 17.9. The average Bonchev–Trinajstić information content (AvgIpc) is 3.04. The molecule has 1 saturated heterocycles. The number of hydrogen-bond acceptors (Lipinski definition) is 5. The Labute approximate surface area is 191 Å². The number of nitrogens with one attached hydrogen (secondary N) is 2. The number of ether oxygens (including phenoxy) is 1. The number of amides is 3. The van der Waals surface area contributed by atoms with Crippen molar-refractivity contribution in [3.05, 3.63) is 65.9 Å². The second-order valence-corrected chi connectivity index (χ2v) is 9.90. The fourth-order valence-electron chi connectivity index (χ4n) is 4.65. The summed E-state index contributed by atoms with van der Waals surface area (Å²) in [5, 5.41) is 6.64. The predicted octanol–water partition coefficient (Wildman–Crippen LogP) is 4.74. The Kier molecular flexibility index (Phi) is 5.51. The van der Waals surface area contributed by atoms with E-state index in [-0.39, 0.29) is 17.2 Å². The first-order valence-corrected chi connectivity index (χ1v) is 11.8. The molecule has 1 aliphatic heterocycles. The van der Waals surface area contributed by atoms with Gasteiger partial charge in [-0.2, -0.15) is 0 Å². The average molecular weight is 448 g/mol. The molecule has 0 radical (unpaired) electrons. The number of aryl methyl sites for hydroxylation is 1. The lowest BCUT2D eigenvalue weighted by molar-refractivity contribution is -0.124. The van der Waals surface area contributed by atoms with Crippen LogP contribution in [0.15, 0.2) is 59.5 Å². The molecule has 5 rings (SSSR count). The number of rotatable bonds is 5. The fraction of sp³-hybridized carbons (Fsp3) is 0.320. The first-order chi connectivity index (χ1) is 15.5. The molecule has 3 amide bonds. The summed E-state index contributed by atoms with van der Waals surface area (Å²) < 4.78 is 6.06. The third-order valence-electron chi connectivity index (χ3n) is 6.17. The Bertz CT molecular complexity index is 1180. The van der Waals surface area contributed by atoms with Crippen LogP contribution < -0.4 is 15.4 Å². The number of aromatic nitrogens is 1. The molecule has 0 bridgehead atoms. The van der Waals surface area contributed by atoms with E-state index < -0.39 is 5.54 Å². The lowest BCUT2D eigenvalue weighted by atomic mass is 9.81. The minimum absolute atomic E-state index is 0.185. The Morgan fingerprint density at radius 1 is 1.16 bits per heavy atom. The number of carbonyl (C=O) groups is 2. The van der Waals surface area contributed by atoms with E-state index in [0.717, 1.165) is 45.6 Å². The van der Waals surface area contributed by atoms with Crippen molar-refractivity contribution in [3.8, 4) is 5.75 Å². The summed E-state index contributed by atoms with van der Waals surface area (Å²) in [5.74, 6) is 0.630. The second-order valence-electron chi connectivity index (χ2n) is 8.53. The molecule has 1 aromatic heterocycles. The topological polar surface area (TPSA) is 80.3 Å². The number of imide groups is 1. The van der Waals surface area contributed by atoms with Crippen molar-refractivity contribution in [1.82, 2.24) is 15.6 Å². The van der Waals surface area contributed by atoms with Crippen molar-refractivity contribution < 1.29 is 14.3 Å². The Balaban J connectivity index is 1.23. The molecule has 2 heterocycles. The zero-order chi connectivity index (χ0) is 22.1. The van der Waals surface area contributed by atoms with E-state index in [4.69, 9.17) is 4.74 Å². The van der Waals surface area contributed by atoms with E-state index in [1.54, 1.807) is 11.8 Å². The SMILES string of the molecule is Cc1cc(COc2ccc(SC3CCCC4(C3)NC(=O)NC4=O)cc2)c2ccccc2n1. The normalized spacial score (nSPS) is 22.7. The van der Waals surface area contributed by atoms with Gasteiger partial charge in [-0.05, 0) is 69.0 Å². The highest BCUT2D eigenvalue weighted by Gasteiger charge is 2.48. The number of hydrogen-bond donors (Lipinski definition) is 2. The van der Waals surface area contributed by atoms with E-state index in [9.17, 15) is 9.59 Å². The monoisotopic (exact) mass is 447 g/mol. The van der Waals surface area contributed by atoms with Crippen LogP contribution in [0.25, 0.3) is 10.9 Å². The Morgan fingerprint density at radius 2 is 1.97 bits per heavy atom. The molecule has 2 aliphatic rings. The highest BCUT2D eigenvalue weighted by molar-refractivity contribution is 8.00. The molecule has 1 saturated carbocycles. The largest absolute Gasteiger partial charge is 0.489 e. The van der Waals surface area contributed by atoms with Gasteiger partial charge in [0.1, 0.15) is 17.9 Å². The highest BCUT2D eigenvalue weighted by atomic mass is 32.2. The molecule has 2 atom stereocenters. The molecule has 164 valence electrons. The van der Waals surface area contributed by atoms with Gasteiger partial charge in [0.15, 0.2) is 0 Å². The van der Waals surface area contributed by atoms with Gasteiger partial charge in [0, 0.05) is 26.8 Å². The van der Waals surface area contributed by atoms with Crippen molar-refractivity contribution in [2.45, 2.75) is 54.9 Å². The fourth-order valence-corrected chi connectivity index (χ4v) is 5.99. The maximum Gasteiger partial charge on any atom is 0.322 e. The van der Waals surface area contributed by atoms with Gasteiger partial charge in [-0.3, -0.25) is 15.1 Å². The maximum atomic E-state index is 12.3. The summed E-state index contributed by atoms with van der Waals surface area (Å²) in [6.07, 6.45) is 3.31. The molecule has 3 aromatic rings. The third-order valence-corrected chi connectivity index (χ3v) is 7.45. The van der Waals surface area contributed by atoms with Crippen LogP contribution in [0.3, 0.4) is 0 Å². The first-order valence-electron chi connectivity index (χ1n) is 10.9. The summed E-state index contributed by atoms with van der Waals surface area (Å²) in [4.78, 5) is 29.6. The lowest BCUT2D eigenvalue weighted by Crippen LogP contribution is -2.50. The van der Waals surface area contributed by atoms with Gasteiger partial charge in [0.05, 0.1) is 5.52 Å². The van der Waals surface area contributed by atoms with Crippen LogP contribution in [0.2, 0.25) is 0 Å². The Morgan fingerprint density at radius 3 is 2.75 bits per heavy atom. The molecule has 7 heteroatoms. The van der Waals surface area contributed by atoms with Crippen LogP contribution in [0, 0.1) is 6.92 Å². The minimum atomic E-state index is -0.735. The van der Waals surface area contributed by atoms with E-state index >= 15 is 0 Å². The van der Waals surface area contributed by atoms with Crippen molar-refractivity contribution in [2.75, 3.05) is 0 Å². The van der Waals surface area contributed by atoms with E-state index in [1.165, 1.54) is 0 Å². The molecular weight excluding hydrogens is 422 g/mol. The number of para-hydroxylation sites is 1. The molecule has 2 unspecified atom stereocenters. The minimum Gasteiger partial charge on any atom is -0.489 e. The van der Waals surface area contributed by atoms with Crippen molar-refractivity contribution >= 4 is 34.6 Å². The van der Waals surface area contributed by atoms with E-state index in [0.29, 0.717) is 19.4 Å². The number of thioether (sulfide) groups is 1. The van der Waals surface area contributed by atoms with Crippen LogP contribution in [0.1, 0.15) is 36.9 Å². The van der Waals surface area contributed by atoms with Gasteiger partial charge >= 0.3 is 6.03 Å². The summed E-state index contributed by atoms with van der Waals surface area (Å²) in [6.45, 7) is 2.48. The van der Waals surface area contributed by atoms with Crippen molar-refractivity contribution in [3.63, 3.8) is 0 Å². The van der Waals surface area contributed by atoms with Crippen LogP contribution in [0.5, 0.6) is 5.75 Å². The standard InChI is InChI=1S/C25H25N3O3S/c1-16-13-17(21-6-2-3-7-22(21)26-16)15-31-18-8-10-19(11-9-18)32-20-5-4-12-25(14-20)23(29)27-24(30)28-25/h2-3,6-11,13,20H,4-5,12,14-15H2,1H3,(H2,27,28,29,30). The molecule has 6 nitrogen and oxygen atoms in total. The van der Waals surface area contributed by atoms with Gasteiger partial charge < -0.3 is 10.1 Å². The molecule has 1 aliphatic carbocycles. The smallest absolute Gasteiger partial charge is 0.322 e. The van der Waals surface area contributed by atoms with Crippen LogP contribution >= 0.6 is 11.8 Å². The number of nitrogens with zero attached hydrogens (tertiary/aromatic N) is 1. The van der Waals surface area contributed by atoms with Gasteiger partial charge in [-0.25, -0.2) is 4.79 Å². The van der Waals surface area contributed by atoms with Gasteiger partial charge in [0.25, 0.3) is 5.91 Å². The molecular formula is C25H25N3O3S. The van der Waals surface area contributed by atoms with Crippen molar-refractivity contribution in [2.24, 2.45) is 0 Å². The van der Waals surface area contributed by atoms with E-state index in [1.807, 2.05) is 37.3 Å². The van der Waals surface area contributed by atoms with Gasteiger partial charge in [-0.1, -0.05) is 18.2 Å². The number of benzene rings is 2. The molecule has 2 aromatic carbocycles. The lowest BCUT2D eigenvalue weighted by Gasteiger charge is -2.35. The summed E-state index contributed by atoms with van der Waals surface area (Å²) in [6, 6.07) is 17.9. The number of pyridine rings is 1. The number of carbonyl (C=O) groups excluding carboxylic acids is 2. The van der Waals surface area contributed by atoms with Crippen LogP contribution in [-0.2, 0) is 11.4 Å². The van der Waals surface area contributed by atoms with Crippen molar-refractivity contribution in [1.29, 1.82) is 0 Å². The molecule has 2 fully saturated rings. The third kappa shape index (κ3) is 4.17. The summed E-state index contributed by atoms with van der Waals surface area (Å²) in [5.41, 5.74) is 2.35. The predicted molar refractivity (Wildman–Crippen MR) is 125 cm³/mol.